The predicted octanol–water partition coefficient (Wildman–Crippen LogP) is 2.51. The fourth-order valence-corrected chi connectivity index (χ4v) is 2.10. The second kappa shape index (κ2) is 7.24. The Bertz CT molecular complexity index is 608. The summed E-state index contributed by atoms with van der Waals surface area (Å²) in [5.41, 5.74) is 2.24. The lowest BCUT2D eigenvalue weighted by atomic mass is 10.1. The molecule has 0 saturated heterocycles. The van der Waals surface area contributed by atoms with Crippen molar-refractivity contribution >= 4 is 17.5 Å². The molecule has 0 bridgehead atoms. The van der Waals surface area contributed by atoms with Crippen LogP contribution in [0.15, 0.2) is 30.3 Å². The number of rotatable bonds is 6. The molecule has 0 atom stereocenters. The van der Waals surface area contributed by atoms with Crippen molar-refractivity contribution < 1.29 is 9.53 Å². The topological polar surface area (TPSA) is 56.1 Å². The molecule has 0 radical (unpaired) electrons. The van der Waals surface area contributed by atoms with E-state index in [4.69, 9.17) is 16.3 Å². The number of hydrogen-bond acceptors (Lipinski definition) is 3. The molecule has 1 aromatic heterocycles. The lowest BCUT2D eigenvalue weighted by Crippen LogP contribution is -2.25. The maximum absolute atomic E-state index is 12.0. The van der Waals surface area contributed by atoms with Crippen molar-refractivity contribution in [2.45, 2.75) is 6.42 Å². The summed E-state index contributed by atoms with van der Waals surface area (Å²) < 4.78 is 6.63. The van der Waals surface area contributed by atoms with Crippen molar-refractivity contribution in [3.63, 3.8) is 0 Å². The van der Waals surface area contributed by atoms with E-state index in [1.807, 2.05) is 31.3 Å². The Morgan fingerprint density at radius 2 is 2.10 bits per heavy atom. The molecule has 1 aromatic carbocycles. The van der Waals surface area contributed by atoms with Gasteiger partial charge in [0.2, 0.25) is 0 Å². The van der Waals surface area contributed by atoms with Crippen molar-refractivity contribution in [3.05, 3.63) is 41.0 Å². The quantitative estimate of drug-likeness (QED) is 0.834. The molecule has 2 rings (SSSR count). The molecular formula is C15H18ClN3O2. The van der Waals surface area contributed by atoms with Gasteiger partial charge in [0, 0.05) is 32.3 Å². The fraction of sp³-hybridized carbons (Fsp3) is 0.333. The van der Waals surface area contributed by atoms with Gasteiger partial charge >= 0.3 is 0 Å². The molecule has 0 aliphatic heterocycles. The molecule has 0 fully saturated rings. The van der Waals surface area contributed by atoms with Crippen LogP contribution in [0.4, 0.5) is 0 Å². The number of halogens is 1. The first kappa shape index (κ1) is 15.5. The van der Waals surface area contributed by atoms with Crippen molar-refractivity contribution in [1.29, 1.82) is 0 Å². The van der Waals surface area contributed by atoms with Gasteiger partial charge < -0.3 is 10.1 Å². The monoisotopic (exact) mass is 307 g/mol. The van der Waals surface area contributed by atoms with Gasteiger partial charge in [0.1, 0.15) is 0 Å². The summed E-state index contributed by atoms with van der Waals surface area (Å²) in [6.45, 7) is 1.19. The third kappa shape index (κ3) is 4.06. The van der Waals surface area contributed by atoms with Gasteiger partial charge in [-0.3, -0.25) is 9.48 Å². The Hall–Kier alpha value is -1.85. The van der Waals surface area contributed by atoms with Gasteiger partial charge in [-0.15, -0.1) is 0 Å². The molecule has 0 saturated carbocycles. The third-order valence-corrected chi connectivity index (χ3v) is 3.32. The average Bonchev–Trinajstić information content (AvgIpc) is 2.86. The van der Waals surface area contributed by atoms with Gasteiger partial charge in [-0.1, -0.05) is 23.7 Å². The van der Waals surface area contributed by atoms with Crippen LogP contribution < -0.4 is 5.32 Å². The molecule has 6 heteroatoms. The zero-order valence-electron chi connectivity index (χ0n) is 12.1. The Morgan fingerprint density at radius 3 is 2.76 bits per heavy atom. The maximum atomic E-state index is 12.0. The van der Waals surface area contributed by atoms with E-state index >= 15 is 0 Å². The van der Waals surface area contributed by atoms with Crippen molar-refractivity contribution in [1.82, 2.24) is 15.1 Å². The molecule has 0 aliphatic carbocycles. The number of ether oxygens (including phenoxy) is 1. The van der Waals surface area contributed by atoms with Gasteiger partial charge in [0.25, 0.3) is 5.91 Å². The van der Waals surface area contributed by atoms with Crippen molar-refractivity contribution in [3.8, 4) is 11.3 Å². The minimum atomic E-state index is -0.179. The van der Waals surface area contributed by atoms with Crippen molar-refractivity contribution in [2.75, 3.05) is 20.3 Å². The minimum absolute atomic E-state index is 0.179. The molecule has 1 heterocycles. The summed E-state index contributed by atoms with van der Waals surface area (Å²) in [6, 6.07) is 9.21. The highest BCUT2D eigenvalue weighted by molar-refractivity contribution is 6.30. The first-order valence-electron chi connectivity index (χ1n) is 6.69. The largest absolute Gasteiger partial charge is 0.385 e. The number of nitrogens with one attached hydrogen (secondary N) is 1. The Kier molecular flexibility index (Phi) is 5.36. The number of aromatic nitrogens is 2. The first-order chi connectivity index (χ1) is 10.1. The molecule has 112 valence electrons. The van der Waals surface area contributed by atoms with Crippen LogP contribution in [0.3, 0.4) is 0 Å². The molecule has 2 aromatic rings. The van der Waals surface area contributed by atoms with Crippen molar-refractivity contribution in [2.24, 2.45) is 7.05 Å². The molecule has 0 spiro atoms. The van der Waals surface area contributed by atoms with Crippen LogP contribution in [0.5, 0.6) is 0 Å². The zero-order valence-corrected chi connectivity index (χ0v) is 12.9. The van der Waals surface area contributed by atoms with Gasteiger partial charge in [-0.25, -0.2) is 0 Å². The lowest BCUT2D eigenvalue weighted by molar-refractivity contribution is 0.0943. The molecular weight excluding hydrogens is 290 g/mol. The van der Waals surface area contributed by atoms with Gasteiger partial charge in [-0.2, -0.15) is 5.10 Å². The number of amides is 1. The number of carbonyl (C=O) groups is 1. The second-order valence-corrected chi connectivity index (χ2v) is 5.08. The smallest absolute Gasteiger partial charge is 0.271 e. The Balaban J connectivity index is 2.08. The minimum Gasteiger partial charge on any atom is -0.385 e. The first-order valence-corrected chi connectivity index (χ1v) is 7.06. The van der Waals surface area contributed by atoms with Gasteiger partial charge in [0.05, 0.1) is 5.69 Å². The normalized spacial score (nSPS) is 10.6. The Morgan fingerprint density at radius 1 is 1.38 bits per heavy atom. The number of methoxy groups -OCH3 is 1. The standard InChI is InChI=1S/C15H18ClN3O2/c1-19-14(11-4-6-12(16)7-5-11)10-13(18-19)15(20)17-8-3-9-21-2/h4-7,10H,3,8-9H2,1-2H3,(H,17,20). The van der Waals surface area contributed by atoms with E-state index < -0.39 is 0 Å². The SMILES string of the molecule is COCCCNC(=O)c1cc(-c2ccc(Cl)cc2)n(C)n1. The molecule has 5 nitrogen and oxygen atoms in total. The summed E-state index contributed by atoms with van der Waals surface area (Å²) in [6.07, 6.45) is 0.777. The van der Waals surface area contributed by atoms with Crippen LogP contribution in [0.2, 0.25) is 5.02 Å². The number of hydrogen-bond donors (Lipinski definition) is 1. The van der Waals surface area contributed by atoms with Crippen LogP contribution >= 0.6 is 11.6 Å². The van der Waals surface area contributed by atoms with Gasteiger partial charge in [-0.05, 0) is 30.2 Å². The number of aryl methyl sites for hydroxylation is 1. The van der Waals surface area contributed by atoms with E-state index in [1.165, 1.54) is 0 Å². The molecule has 0 aliphatic rings. The highest BCUT2D eigenvalue weighted by atomic mass is 35.5. The van der Waals surface area contributed by atoms with Crippen LogP contribution in [0.1, 0.15) is 16.9 Å². The lowest BCUT2D eigenvalue weighted by Gasteiger charge is -2.01. The maximum Gasteiger partial charge on any atom is 0.271 e. The average molecular weight is 308 g/mol. The van der Waals surface area contributed by atoms with E-state index in [9.17, 15) is 4.79 Å². The van der Waals surface area contributed by atoms with E-state index in [0.717, 1.165) is 17.7 Å². The highest BCUT2D eigenvalue weighted by Gasteiger charge is 2.13. The molecule has 21 heavy (non-hydrogen) atoms. The third-order valence-electron chi connectivity index (χ3n) is 3.06. The predicted molar refractivity (Wildman–Crippen MR) is 82.5 cm³/mol. The summed E-state index contributed by atoms with van der Waals surface area (Å²) in [4.78, 5) is 12.0. The van der Waals surface area contributed by atoms with Gasteiger partial charge in [0.15, 0.2) is 5.69 Å². The fourth-order valence-electron chi connectivity index (χ4n) is 1.98. The molecule has 1 amide bonds. The number of nitrogens with zero attached hydrogens (tertiary/aromatic N) is 2. The molecule has 0 unspecified atom stereocenters. The summed E-state index contributed by atoms with van der Waals surface area (Å²) in [7, 11) is 3.45. The number of carbonyl (C=O) groups excluding carboxylic acids is 1. The van der Waals surface area contributed by atoms with E-state index in [1.54, 1.807) is 17.9 Å². The molecule has 1 N–H and O–H groups in total. The highest BCUT2D eigenvalue weighted by Crippen LogP contribution is 2.21. The van der Waals surface area contributed by atoms with Crippen LogP contribution in [-0.2, 0) is 11.8 Å². The van der Waals surface area contributed by atoms with E-state index in [-0.39, 0.29) is 5.91 Å². The summed E-state index contributed by atoms with van der Waals surface area (Å²) in [5, 5.41) is 7.75. The number of benzene rings is 1. The Labute approximate surface area is 128 Å². The van der Waals surface area contributed by atoms with E-state index in [2.05, 4.69) is 10.4 Å². The summed E-state index contributed by atoms with van der Waals surface area (Å²) in [5.74, 6) is -0.179. The van der Waals surface area contributed by atoms with Crippen LogP contribution in [-0.4, -0.2) is 35.9 Å². The second-order valence-electron chi connectivity index (χ2n) is 4.65. The zero-order chi connectivity index (χ0) is 15.2. The summed E-state index contributed by atoms with van der Waals surface area (Å²) >= 11 is 5.88. The van der Waals surface area contributed by atoms with E-state index in [0.29, 0.717) is 23.9 Å². The van der Waals surface area contributed by atoms with Crippen LogP contribution in [0.25, 0.3) is 11.3 Å². The van der Waals surface area contributed by atoms with Crippen LogP contribution in [0, 0.1) is 0 Å².